The van der Waals surface area contributed by atoms with Crippen LogP contribution in [0.3, 0.4) is 0 Å². The first-order valence-electron chi connectivity index (χ1n) is 13.0. The fraction of sp³-hybridized carbons (Fsp3) is 0.643. The molecule has 2 aromatic carbocycles. The Hall–Kier alpha value is -1.39. The molecule has 0 radical (unpaired) electrons. The number of hydrogen-bond donors (Lipinski definition) is 1. The molecule has 0 saturated heterocycles. The molecule has 0 aliphatic rings. The van der Waals surface area contributed by atoms with E-state index in [9.17, 15) is 13.0 Å². The molecule has 2 rings (SSSR count). The van der Waals surface area contributed by atoms with Gasteiger partial charge in [0.2, 0.25) is 0 Å². The van der Waals surface area contributed by atoms with Gasteiger partial charge < -0.3 is 0 Å². The number of benzene rings is 2. The zero-order valence-corrected chi connectivity index (χ0v) is 21.4. The fourth-order valence-corrected chi connectivity index (χ4v) is 5.91. The van der Waals surface area contributed by atoms with Crippen LogP contribution in [0.15, 0.2) is 29.2 Å². The van der Waals surface area contributed by atoms with Crippen LogP contribution >= 0.6 is 0 Å². The molecule has 2 aromatic rings. The van der Waals surface area contributed by atoms with Crippen LogP contribution in [-0.4, -0.2) is 13.0 Å². The first-order valence-corrected chi connectivity index (χ1v) is 14.4. The van der Waals surface area contributed by atoms with Crippen molar-refractivity contribution in [3.8, 4) is 0 Å². The Balaban J connectivity index is 2.63. The van der Waals surface area contributed by atoms with Crippen LogP contribution in [0.5, 0.6) is 0 Å². The number of fused-ring (bicyclic) bond motifs is 1. The first-order chi connectivity index (χ1) is 15.5. The summed E-state index contributed by atoms with van der Waals surface area (Å²) in [6, 6.07) is 7.81. The lowest BCUT2D eigenvalue weighted by atomic mass is 9.86. The van der Waals surface area contributed by atoms with E-state index in [0.717, 1.165) is 75.2 Å². The molecule has 0 aliphatic heterocycles. The molecule has 0 unspecified atom stereocenters. The molecular weight excluding hydrogens is 416 g/mol. The Morgan fingerprint density at radius 3 is 1.50 bits per heavy atom. The first kappa shape index (κ1) is 26.9. The lowest BCUT2D eigenvalue weighted by molar-refractivity contribution is 0.482. The van der Waals surface area contributed by atoms with Gasteiger partial charge in [0, 0.05) is 5.39 Å². The normalized spacial score (nSPS) is 12.0. The molecule has 32 heavy (non-hydrogen) atoms. The second-order valence-electron chi connectivity index (χ2n) is 9.22. The van der Waals surface area contributed by atoms with E-state index in [0.29, 0.717) is 5.39 Å². The fourth-order valence-electron chi connectivity index (χ4n) is 4.92. The average Bonchev–Trinajstić information content (AvgIpc) is 2.76. The SMILES string of the molecule is CCCCCCc1c(CCCCCC)c(S(=O)(=O)O)c2ccccc2c1CCCCCC. The maximum absolute atomic E-state index is 12.7. The number of unbranched alkanes of at least 4 members (excludes halogenated alkanes) is 9. The highest BCUT2D eigenvalue weighted by atomic mass is 32.2. The van der Waals surface area contributed by atoms with Crippen molar-refractivity contribution in [1.82, 2.24) is 0 Å². The van der Waals surface area contributed by atoms with Crippen LogP contribution in [-0.2, 0) is 29.4 Å². The van der Waals surface area contributed by atoms with Crippen LogP contribution in [0.25, 0.3) is 10.8 Å². The summed E-state index contributed by atoms with van der Waals surface area (Å²) in [6.45, 7) is 6.63. The molecule has 0 spiro atoms. The largest absolute Gasteiger partial charge is 0.295 e. The third-order valence-electron chi connectivity index (χ3n) is 6.60. The van der Waals surface area contributed by atoms with Crippen molar-refractivity contribution in [1.29, 1.82) is 0 Å². The van der Waals surface area contributed by atoms with Crippen molar-refractivity contribution in [2.75, 3.05) is 0 Å². The van der Waals surface area contributed by atoms with Gasteiger partial charge in [-0.15, -0.1) is 0 Å². The summed E-state index contributed by atoms with van der Waals surface area (Å²) in [4.78, 5) is 0.174. The molecule has 0 bridgehead atoms. The van der Waals surface area contributed by atoms with Crippen LogP contribution in [0, 0.1) is 0 Å². The van der Waals surface area contributed by atoms with Gasteiger partial charge >= 0.3 is 0 Å². The summed E-state index contributed by atoms with van der Waals surface area (Å²) < 4.78 is 35.6. The van der Waals surface area contributed by atoms with Crippen LogP contribution in [0.4, 0.5) is 0 Å². The second kappa shape index (κ2) is 14.0. The van der Waals surface area contributed by atoms with Gasteiger partial charge in [0.05, 0.1) is 0 Å². The topological polar surface area (TPSA) is 54.4 Å². The minimum atomic E-state index is -4.31. The van der Waals surface area contributed by atoms with Gasteiger partial charge in [0.1, 0.15) is 4.90 Å². The monoisotopic (exact) mass is 460 g/mol. The van der Waals surface area contributed by atoms with Crippen molar-refractivity contribution in [2.45, 2.75) is 122 Å². The van der Waals surface area contributed by atoms with Gasteiger partial charge in [0.25, 0.3) is 10.1 Å². The maximum atomic E-state index is 12.7. The molecule has 4 heteroatoms. The van der Waals surface area contributed by atoms with Crippen LogP contribution in [0.1, 0.15) is 115 Å². The summed E-state index contributed by atoms with van der Waals surface area (Å²) in [5.74, 6) is 0. The van der Waals surface area contributed by atoms with E-state index in [4.69, 9.17) is 0 Å². The highest BCUT2D eigenvalue weighted by molar-refractivity contribution is 7.86. The zero-order valence-electron chi connectivity index (χ0n) is 20.6. The number of aryl methyl sites for hydroxylation is 1. The molecule has 180 valence electrons. The summed E-state index contributed by atoms with van der Waals surface area (Å²) in [5, 5.41) is 1.71. The predicted octanol–water partition coefficient (Wildman–Crippen LogP) is 8.45. The molecule has 3 nitrogen and oxygen atoms in total. The molecule has 0 aliphatic carbocycles. The highest BCUT2D eigenvalue weighted by Gasteiger charge is 2.25. The molecule has 0 atom stereocenters. The minimum Gasteiger partial charge on any atom is -0.282 e. The molecule has 0 amide bonds. The van der Waals surface area contributed by atoms with Gasteiger partial charge in [-0.3, -0.25) is 4.55 Å². The van der Waals surface area contributed by atoms with Crippen molar-refractivity contribution in [2.24, 2.45) is 0 Å². The second-order valence-corrected chi connectivity index (χ2v) is 10.6. The lowest BCUT2D eigenvalue weighted by Crippen LogP contribution is -2.12. The van der Waals surface area contributed by atoms with Gasteiger partial charge in [-0.2, -0.15) is 8.42 Å². The zero-order chi connectivity index (χ0) is 23.4. The Morgan fingerprint density at radius 2 is 1.03 bits per heavy atom. The average molecular weight is 461 g/mol. The summed E-state index contributed by atoms with van der Waals surface area (Å²) in [7, 11) is -4.31. The van der Waals surface area contributed by atoms with E-state index >= 15 is 0 Å². The third-order valence-corrected chi connectivity index (χ3v) is 7.58. The molecule has 0 aromatic heterocycles. The highest BCUT2D eigenvalue weighted by Crippen LogP contribution is 2.37. The third kappa shape index (κ3) is 7.59. The van der Waals surface area contributed by atoms with E-state index in [1.165, 1.54) is 43.2 Å². The predicted molar refractivity (Wildman–Crippen MR) is 137 cm³/mol. The van der Waals surface area contributed by atoms with E-state index in [-0.39, 0.29) is 4.90 Å². The minimum absolute atomic E-state index is 0.174. The summed E-state index contributed by atoms with van der Waals surface area (Å²) >= 11 is 0. The summed E-state index contributed by atoms with van der Waals surface area (Å²) in [6.07, 6.45) is 16.4. The summed E-state index contributed by atoms with van der Waals surface area (Å²) in [5.41, 5.74) is 3.43. The molecule has 0 heterocycles. The van der Waals surface area contributed by atoms with Crippen molar-refractivity contribution >= 4 is 20.9 Å². The van der Waals surface area contributed by atoms with Crippen LogP contribution in [0.2, 0.25) is 0 Å². The quantitative estimate of drug-likeness (QED) is 0.202. The number of hydrogen-bond acceptors (Lipinski definition) is 2. The standard InChI is InChI=1S/C28H44O3S/c1-4-7-10-13-18-23-24(19-14-11-8-5-2)26(21-15-12-9-6-3)28(32(29,30)31)27-22-17-16-20-25(23)27/h16-17,20,22H,4-15,18-19,21H2,1-3H3,(H,29,30,31). The van der Waals surface area contributed by atoms with Crippen molar-refractivity contribution < 1.29 is 13.0 Å². The van der Waals surface area contributed by atoms with Crippen molar-refractivity contribution in [3.05, 3.63) is 41.0 Å². The van der Waals surface area contributed by atoms with E-state index in [1.54, 1.807) is 0 Å². The Morgan fingerprint density at radius 1 is 0.594 bits per heavy atom. The Kier molecular flexibility index (Phi) is 11.7. The smallest absolute Gasteiger partial charge is 0.282 e. The lowest BCUT2D eigenvalue weighted by Gasteiger charge is -2.22. The Labute approximate surface area is 196 Å². The van der Waals surface area contributed by atoms with Crippen LogP contribution < -0.4 is 0 Å². The molecule has 0 saturated carbocycles. The van der Waals surface area contributed by atoms with E-state index < -0.39 is 10.1 Å². The van der Waals surface area contributed by atoms with Crippen molar-refractivity contribution in [3.63, 3.8) is 0 Å². The molecule has 0 fully saturated rings. The van der Waals surface area contributed by atoms with E-state index in [2.05, 4.69) is 26.8 Å². The van der Waals surface area contributed by atoms with Gasteiger partial charge in [0.15, 0.2) is 0 Å². The Bertz CT molecular complexity index is 931. The van der Waals surface area contributed by atoms with Gasteiger partial charge in [-0.05, 0) is 60.6 Å². The molecule has 1 N–H and O–H groups in total. The van der Waals surface area contributed by atoms with Gasteiger partial charge in [-0.25, -0.2) is 0 Å². The maximum Gasteiger partial charge on any atom is 0.295 e. The molecular formula is C28H44O3S. The van der Waals surface area contributed by atoms with Gasteiger partial charge in [-0.1, -0.05) is 103 Å². The van der Waals surface area contributed by atoms with E-state index in [1.807, 2.05) is 18.2 Å². The number of rotatable bonds is 16.